The highest BCUT2D eigenvalue weighted by Gasteiger charge is 2.12. The van der Waals surface area contributed by atoms with Gasteiger partial charge in [-0.1, -0.05) is 37.3 Å². The number of aryl methyl sites for hydroxylation is 1. The van der Waals surface area contributed by atoms with Gasteiger partial charge < -0.3 is 14.3 Å². The van der Waals surface area contributed by atoms with E-state index in [1.54, 1.807) is 17.0 Å². The SMILES string of the molecule is CCC(=Cc1cnn(Cc2ccc(OCc3nc(-c4ccccc4)oc3C)cc2)c1)C(=O)O. The van der Waals surface area contributed by atoms with Crippen molar-refractivity contribution in [3.8, 4) is 17.2 Å². The minimum Gasteiger partial charge on any atom is -0.487 e. The van der Waals surface area contributed by atoms with Crippen LogP contribution in [-0.2, 0) is 17.9 Å². The van der Waals surface area contributed by atoms with E-state index < -0.39 is 5.97 Å². The zero-order chi connectivity index (χ0) is 23.2. The summed E-state index contributed by atoms with van der Waals surface area (Å²) in [5.74, 6) is 1.16. The Hall–Kier alpha value is -4.13. The smallest absolute Gasteiger partial charge is 0.331 e. The van der Waals surface area contributed by atoms with Crippen LogP contribution in [0.15, 0.2) is 77.0 Å². The second kappa shape index (κ2) is 9.99. The lowest BCUT2D eigenvalue weighted by Gasteiger charge is -2.06. The Morgan fingerprint density at radius 2 is 1.91 bits per heavy atom. The highest BCUT2D eigenvalue weighted by Crippen LogP contribution is 2.23. The summed E-state index contributed by atoms with van der Waals surface area (Å²) in [6.45, 7) is 4.60. The number of carbonyl (C=O) groups is 1. The van der Waals surface area contributed by atoms with Crippen LogP contribution in [-0.4, -0.2) is 25.8 Å². The number of hydrogen-bond acceptors (Lipinski definition) is 5. The normalized spacial score (nSPS) is 11.5. The number of aliphatic carboxylic acids is 1. The molecule has 0 aliphatic heterocycles. The van der Waals surface area contributed by atoms with Gasteiger partial charge in [0.2, 0.25) is 5.89 Å². The third kappa shape index (κ3) is 5.57. The highest BCUT2D eigenvalue weighted by molar-refractivity contribution is 5.91. The molecule has 2 aromatic carbocycles. The number of ether oxygens (including phenoxy) is 1. The van der Waals surface area contributed by atoms with Crippen molar-refractivity contribution < 1.29 is 19.1 Å². The number of carboxylic acids is 1. The van der Waals surface area contributed by atoms with Crippen molar-refractivity contribution in [2.75, 3.05) is 0 Å². The summed E-state index contributed by atoms with van der Waals surface area (Å²) < 4.78 is 13.5. The Morgan fingerprint density at radius 3 is 2.61 bits per heavy atom. The number of oxazole rings is 1. The first-order chi connectivity index (χ1) is 16.0. The largest absolute Gasteiger partial charge is 0.487 e. The summed E-state index contributed by atoms with van der Waals surface area (Å²) in [6, 6.07) is 17.6. The molecule has 33 heavy (non-hydrogen) atoms. The Bertz CT molecular complexity index is 1250. The molecule has 0 unspecified atom stereocenters. The lowest BCUT2D eigenvalue weighted by molar-refractivity contribution is -0.132. The molecule has 0 aliphatic rings. The van der Waals surface area contributed by atoms with Crippen LogP contribution in [0.2, 0.25) is 0 Å². The zero-order valence-corrected chi connectivity index (χ0v) is 18.6. The predicted molar refractivity (Wildman–Crippen MR) is 125 cm³/mol. The van der Waals surface area contributed by atoms with E-state index in [2.05, 4.69) is 10.1 Å². The van der Waals surface area contributed by atoms with Gasteiger partial charge in [0.15, 0.2) is 0 Å². The van der Waals surface area contributed by atoms with E-state index in [-0.39, 0.29) is 0 Å². The van der Waals surface area contributed by atoms with Crippen molar-refractivity contribution in [3.05, 3.63) is 95.1 Å². The van der Waals surface area contributed by atoms with Crippen molar-refractivity contribution in [1.82, 2.24) is 14.8 Å². The first-order valence-corrected chi connectivity index (χ1v) is 10.7. The van der Waals surface area contributed by atoms with Crippen molar-refractivity contribution >= 4 is 12.0 Å². The third-order valence-electron chi connectivity index (χ3n) is 5.21. The maximum atomic E-state index is 11.2. The van der Waals surface area contributed by atoms with Gasteiger partial charge in [-0.2, -0.15) is 5.10 Å². The van der Waals surface area contributed by atoms with Crippen LogP contribution in [0.1, 0.15) is 35.9 Å². The lowest BCUT2D eigenvalue weighted by Crippen LogP contribution is -2.01. The zero-order valence-electron chi connectivity index (χ0n) is 18.6. The molecule has 0 bridgehead atoms. The molecule has 0 spiro atoms. The highest BCUT2D eigenvalue weighted by atomic mass is 16.5. The molecule has 0 fully saturated rings. The molecule has 0 saturated carbocycles. The first-order valence-electron chi connectivity index (χ1n) is 10.7. The molecular weight excluding hydrogens is 418 g/mol. The molecule has 7 heteroatoms. The molecule has 4 rings (SSSR count). The van der Waals surface area contributed by atoms with Gasteiger partial charge in [-0.05, 0) is 49.2 Å². The predicted octanol–water partition coefficient (Wildman–Crippen LogP) is 5.35. The van der Waals surface area contributed by atoms with Crippen molar-refractivity contribution in [2.24, 2.45) is 0 Å². The van der Waals surface area contributed by atoms with E-state index in [1.165, 1.54) is 0 Å². The topological polar surface area (TPSA) is 90.4 Å². The molecule has 0 radical (unpaired) electrons. The molecule has 0 atom stereocenters. The number of hydrogen-bond donors (Lipinski definition) is 1. The molecule has 2 aromatic heterocycles. The average Bonchev–Trinajstić information content (AvgIpc) is 3.43. The number of rotatable bonds is 9. The Kier molecular flexibility index (Phi) is 6.69. The minimum absolute atomic E-state index is 0.319. The van der Waals surface area contributed by atoms with Gasteiger partial charge in [-0.3, -0.25) is 4.68 Å². The average molecular weight is 444 g/mol. The van der Waals surface area contributed by atoms with E-state index in [9.17, 15) is 9.90 Å². The fourth-order valence-corrected chi connectivity index (χ4v) is 3.35. The molecule has 0 saturated heterocycles. The van der Waals surface area contributed by atoms with Gasteiger partial charge in [0.25, 0.3) is 0 Å². The maximum absolute atomic E-state index is 11.2. The molecule has 7 nitrogen and oxygen atoms in total. The molecule has 168 valence electrons. The van der Waals surface area contributed by atoms with Gasteiger partial charge in [0, 0.05) is 22.9 Å². The van der Waals surface area contributed by atoms with Crippen molar-refractivity contribution in [2.45, 2.75) is 33.4 Å². The minimum atomic E-state index is -0.905. The van der Waals surface area contributed by atoms with Gasteiger partial charge in [-0.15, -0.1) is 0 Å². The standard InChI is InChI=1S/C26H25N3O4/c1-3-21(26(30)31)13-20-14-27-29(16-20)15-19-9-11-23(12-10-19)32-17-24-18(2)33-25(28-24)22-7-5-4-6-8-22/h4-14,16H,3,15,17H2,1-2H3,(H,30,31). The fraction of sp³-hybridized carbons (Fsp3) is 0.192. The van der Waals surface area contributed by atoms with Crippen molar-refractivity contribution in [3.63, 3.8) is 0 Å². The van der Waals surface area contributed by atoms with E-state index in [1.807, 2.05) is 74.6 Å². The monoisotopic (exact) mass is 443 g/mol. The van der Waals surface area contributed by atoms with Crippen LogP contribution in [0.25, 0.3) is 17.5 Å². The van der Waals surface area contributed by atoms with E-state index >= 15 is 0 Å². The van der Waals surface area contributed by atoms with E-state index in [4.69, 9.17) is 9.15 Å². The van der Waals surface area contributed by atoms with Crippen LogP contribution in [0.5, 0.6) is 5.75 Å². The van der Waals surface area contributed by atoms with E-state index in [0.717, 1.165) is 33.9 Å². The second-order valence-electron chi connectivity index (χ2n) is 7.62. The van der Waals surface area contributed by atoms with E-state index in [0.29, 0.717) is 31.0 Å². The lowest BCUT2D eigenvalue weighted by atomic mass is 10.1. The van der Waals surface area contributed by atoms with Crippen LogP contribution < -0.4 is 4.74 Å². The summed E-state index contributed by atoms with van der Waals surface area (Å²) in [6.07, 6.45) is 5.61. The Balaban J connectivity index is 1.36. The fourth-order valence-electron chi connectivity index (χ4n) is 3.35. The summed E-state index contributed by atoms with van der Waals surface area (Å²) in [5, 5.41) is 13.5. The van der Waals surface area contributed by atoms with Gasteiger partial charge in [-0.25, -0.2) is 9.78 Å². The molecule has 1 N–H and O–H groups in total. The van der Waals surface area contributed by atoms with Crippen molar-refractivity contribution in [1.29, 1.82) is 0 Å². The van der Waals surface area contributed by atoms with Crippen LogP contribution in [0, 0.1) is 6.92 Å². The Labute approximate surface area is 192 Å². The number of nitrogens with zero attached hydrogens (tertiary/aromatic N) is 3. The van der Waals surface area contributed by atoms with Crippen LogP contribution in [0.4, 0.5) is 0 Å². The number of aromatic nitrogens is 3. The Morgan fingerprint density at radius 1 is 1.15 bits per heavy atom. The van der Waals surface area contributed by atoms with Gasteiger partial charge in [0.1, 0.15) is 23.8 Å². The summed E-state index contributed by atoms with van der Waals surface area (Å²) in [7, 11) is 0. The molecule has 0 amide bonds. The molecule has 4 aromatic rings. The van der Waals surface area contributed by atoms with Crippen LogP contribution in [0.3, 0.4) is 0 Å². The quantitative estimate of drug-likeness (QED) is 0.351. The summed E-state index contributed by atoms with van der Waals surface area (Å²) >= 11 is 0. The summed E-state index contributed by atoms with van der Waals surface area (Å²) in [4.78, 5) is 15.7. The summed E-state index contributed by atoms with van der Waals surface area (Å²) in [5.41, 5.74) is 3.88. The van der Waals surface area contributed by atoms with Gasteiger partial charge in [0.05, 0.1) is 12.7 Å². The maximum Gasteiger partial charge on any atom is 0.331 e. The van der Waals surface area contributed by atoms with Gasteiger partial charge >= 0.3 is 5.97 Å². The second-order valence-corrected chi connectivity index (χ2v) is 7.62. The molecule has 0 aliphatic carbocycles. The molecular formula is C26H25N3O4. The molecule has 2 heterocycles. The number of carboxylic acid groups (broad SMARTS) is 1. The van der Waals surface area contributed by atoms with Crippen LogP contribution >= 0.6 is 0 Å². The third-order valence-corrected chi connectivity index (χ3v) is 5.21. The first kappa shape index (κ1) is 22.1. The number of benzene rings is 2.